The van der Waals surface area contributed by atoms with Gasteiger partial charge in [-0.25, -0.2) is 9.18 Å². The van der Waals surface area contributed by atoms with Crippen LogP contribution in [0.5, 0.6) is 0 Å². The smallest absolute Gasteiger partial charge is 0.410 e. The zero-order valence-corrected chi connectivity index (χ0v) is 17.0. The lowest BCUT2D eigenvalue weighted by atomic mass is 9.88. The maximum atomic E-state index is 14.1. The Morgan fingerprint density at radius 2 is 1.82 bits per heavy atom. The molecule has 28 heavy (non-hydrogen) atoms. The number of morpholine rings is 1. The summed E-state index contributed by atoms with van der Waals surface area (Å²) in [4.78, 5) is 28.5. The Hall–Kier alpha value is -2.15. The molecule has 1 spiro atoms. The van der Waals surface area contributed by atoms with Gasteiger partial charge in [-0.05, 0) is 52.7 Å². The topological polar surface area (TPSA) is 59.1 Å². The predicted octanol–water partition coefficient (Wildman–Crippen LogP) is 3.46. The molecule has 154 valence electrons. The van der Waals surface area contributed by atoms with Crippen LogP contribution in [0, 0.1) is 5.82 Å². The third kappa shape index (κ3) is 4.63. The lowest BCUT2D eigenvalue weighted by Gasteiger charge is -2.49. The van der Waals surface area contributed by atoms with Crippen LogP contribution in [-0.2, 0) is 9.47 Å². The van der Waals surface area contributed by atoms with Crippen molar-refractivity contribution in [3.8, 4) is 0 Å². The van der Waals surface area contributed by atoms with E-state index in [4.69, 9.17) is 9.47 Å². The van der Waals surface area contributed by atoms with Gasteiger partial charge in [0.1, 0.15) is 11.4 Å². The van der Waals surface area contributed by atoms with Crippen molar-refractivity contribution in [2.24, 2.45) is 0 Å². The van der Waals surface area contributed by atoms with Crippen molar-refractivity contribution < 1.29 is 23.5 Å². The minimum absolute atomic E-state index is 0.0814. The fraction of sp³-hybridized carbons (Fsp3) is 0.619. The van der Waals surface area contributed by atoms with Gasteiger partial charge in [0, 0.05) is 19.6 Å². The summed E-state index contributed by atoms with van der Waals surface area (Å²) in [6.45, 7) is 9.27. The molecule has 0 N–H and O–H groups in total. The first-order valence-corrected chi connectivity index (χ1v) is 9.78. The molecule has 2 saturated heterocycles. The van der Waals surface area contributed by atoms with Gasteiger partial charge in [0.05, 0.1) is 23.8 Å². The minimum atomic E-state index is -0.537. The molecule has 1 aromatic rings. The number of rotatable bonds is 1. The summed E-state index contributed by atoms with van der Waals surface area (Å²) in [7, 11) is 0. The summed E-state index contributed by atoms with van der Waals surface area (Å²) in [5.74, 6) is -0.831. The SMILES string of the molecule is CC1CN(C(=O)c2ccccc2F)CC2(CCN(C(=O)OC(C)(C)C)CC2)O1. The summed E-state index contributed by atoms with van der Waals surface area (Å²) in [6, 6.07) is 6.04. The first-order valence-electron chi connectivity index (χ1n) is 9.78. The first kappa shape index (κ1) is 20.6. The Balaban J connectivity index is 1.67. The van der Waals surface area contributed by atoms with Gasteiger partial charge in [0.2, 0.25) is 0 Å². The van der Waals surface area contributed by atoms with Crippen LogP contribution >= 0.6 is 0 Å². The van der Waals surface area contributed by atoms with Crippen LogP contribution in [0.15, 0.2) is 24.3 Å². The normalized spacial score (nSPS) is 22.2. The standard InChI is InChI=1S/C21H29FN2O4/c1-15-13-24(18(25)16-7-5-6-8-17(16)22)14-21(27-15)9-11-23(12-10-21)19(26)28-20(2,3)4/h5-8,15H,9-14H2,1-4H3. The van der Waals surface area contributed by atoms with Crippen LogP contribution in [0.1, 0.15) is 50.9 Å². The molecule has 0 saturated carbocycles. The molecule has 0 aromatic heterocycles. The fourth-order valence-corrected chi connectivity index (χ4v) is 3.88. The lowest BCUT2D eigenvalue weighted by Crippen LogP contribution is -2.60. The molecular weight excluding hydrogens is 363 g/mol. The van der Waals surface area contributed by atoms with Crippen LogP contribution in [-0.4, -0.2) is 65.3 Å². The van der Waals surface area contributed by atoms with E-state index in [-0.39, 0.29) is 23.7 Å². The average Bonchev–Trinajstić information content (AvgIpc) is 2.60. The van der Waals surface area contributed by atoms with Gasteiger partial charge in [-0.1, -0.05) is 12.1 Å². The number of ether oxygens (including phenoxy) is 2. The number of nitrogens with zero attached hydrogens (tertiary/aromatic N) is 2. The van der Waals surface area contributed by atoms with Crippen molar-refractivity contribution >= 4 is 12.0 Å². The molecule has 3 rings (SSSR count). The van der Waals surface area contributed by atoms with E-state index in [0.717, 1.165) is 0 Å². The zero-order valence-electron chi connectivity index (χ0n) is 17.0. The highest BCUT2D eigenvalue weighted by atomic mass is 19.1. The Morgan fingerprint density at radius 3 is 2.43 bits per heavy atom. The first-order chi connectivity index (χ1) is 13.1. The second-order valence-corrected chi connectivity index (χ2v) is 8.74. The second kappa shape index (κ2) is 7.70. The van der Waals surface area contributed by atoms with E-state index < -0.39 is 17.0 Å². The van der Waals surface area contributed by atoms with E-state index in [9.17, 15) is 14.0 Å². The molecule has 2 amide bonds. The van der Waals surface area contributed by atoms with Gasteiger partial charge in [0.15, 0.2) is 0 Å². The second-order valence-electron chi connectivity index (χ2n) is 8.74. The maximum Gasteiger partial charge on any atom is 0.410 e. The number of amides is 2. The highest BCUT2D eigenvalue weighted by Crippen LogP contribution is 2.33. The van der Waals surface area contributed by atoms with Gasteiger partial charge >= 0.3 is 6.09 Å². The summed E-state index contributed by atoms with van der Waals surface area (Å²) in [6.07, 6.45) is 0.734. The molecule has 6 nitrogen and oxygen atoms in total. The van der Waals surface area contributed by atoms with E-state index in [2.05, 4.69) is 0 Å². The molecule has 1 atom stereocenters. The van der Waals surface area contributed by atoms with Crippen LogP contribution in [0.25, 0.3) is 0 Å². The van der Waals surface area contributed by atoms with E-state index in [1.54, 1.807) is 21.9 Å². The summed E-state index contributed by atoms with van der Waals surface area (Å²) < 4.78 is 25.7. The third-order valence-electron chi connectivity index (χ3n) is 5.13. The highest BCUT2D eigenvalue weighted by Gasteiger charge is 2.44. The molecule has 2 heterocycles. The highest BCUT2D eigenvalue weighted by molar-refractivity contribution is 5.94. The number of benzene rings is 1. The summed E-state index contributed by atoms with van der Waals surface area (Å²) in [5.41, 5.74) is -0.972. The van der Waals surface area contributed by atoms with Crippen molar-refractivity contribution in [2.75, 3.05) is 26.2 Å². The van der Waals surface area contributed by atoms with Crippen molar-refractivity contribution in [1.82, 2.24) is 9.80 Å². The Morgan fingerprint density at radius 1 is 1.18 bits per heavy atom. The van der Waals surface area contributed by atoms with Crippen molar-refractivity contribution in [3.05, 3.63) is 35.6 Å². The van der Waals surface area contributed by atoms with Gasteiger partial charge in [0.25, 0.3) is 5.91 Å². The predicted molar refractivity (Wildman–Crippen MR) is 103 cm³/mol. The van der Waals surface area contributed by atoms with Crippen molar-refractivity contribution in [2.45, 2.75) is 57.8 Å². The molecular formula is C21H29FN2O4. The number of hydrogen-bond acceptors (Lipinski definition) is 4. The van der Waals surface area contributed by atoms with E-state index in [0.29, 0.717) is 39.0 Å². The number of carbonyl (C=O) groups is 2. The number of carbonyl (C=O) groups excluding carboxylic acids is 2. The summed E-state index contributed by atoms with van der Waals surface area (Å²) >= 11 is 0. The number of hydrogen-bond donors (Lipinski definition) is 0. The number of piperidine rings is 1. The molecule has 2 aliphatic rings. The molecule has 7 heteroatoms. The maximum absolute atomic E-state index is 14.1. The van der Waals surface area contributed by atoms with E-state index in [1.807, 2.05) is 27.7 Å². The molecule has 0 aliphatic carbocycles. The molecule has 2 fully saturated rings. The van der Waals surface area contributed by atoms with Crippen LogP contribution in [0.4, 0.5) is 9.18 Å². The summed E-state index contributed by atoms with van der Waals surface area (Å²) in [5, 5.41) is 0. The largest absolute Gasteiger partial charge is 0.444 e. The monoisotopic (exact) mass is 392 g/mol. The van der Waals surface area contributed by atoms with Crippen LogP contribution in [0.2, 0.25) is 0 Å². The fourth-order valence-electron chi connectivity index (χ4n) is 3.88. The van der Waals surface area contributed by atoms with Crippen LogP contribution in [0.3, 0.4) is 0 Å². The molecule has 1 aromatic carbocycles. The lowest BCUT2D eigenvalue weighted by molar-refractivity contribution is -0.160. The zero-order chi connectivity index (χ0) is 20.5. The van der Waals surface area contributed by atoms with Crippen molar-refractivity contribution in [3.63, 3.8) is 0 Å². The van der Waals surface area contributed by atoms with E-state index >= 15 is 0 Å². The van der Waals surface area contributed by atoms with Crippen molar-refractivity contribution in [1.29, 1.82) is 0 Å². The Labute approximate surface area is 165 Å². The average molecular weight is 392 g/mol. The minimum Gasteiger partial charge on any atom is -0.444 e. The van der Waals surface area contributed by atoms with Gasteiger partial charge in [-0.3, -0.25) is 4.79 Å². The van der Waals surface area contributed by atoms with Gasteiger partial charge in [-0.2, -0.15) is 0 Å². The molecule has 0 bridgehead atoms. The van der Waals surface area contributed by atoms with Crippen LogP contribution < -0.4 is 0 Å². The molecule has 1 unspecified atom stereocenters. The quantitative estimate of drug-likeness (QED) is 0.734. The number of likely N-dealkylation sites (tertiary alicyclic amines) is 1. The Bertz CT molecular complexity index is 738. The third-order valence-corrected chi connectivity index (χ3v) is 5.13. The Kier molecular flexibility index (Phi) is 5.66. The molecule has 0 radical (unpaired) electrons. The van der Waals surface area contributed by atoms with Gasteiger partial charge in [-0.15, -0.1) is 0 Å². The number of halogens is 1. The van der Waals surface area contributed by atoms with E-state index in [1.165, 1.54) is 12.1 Å². The molecule has 2 aliphatic heterocycles. The van der Waals surface area contributed by atoms with Gasteiger partial charge < -0.3 is 19.3 Å².